The van der Waals surface area contributed by atoms with Crippen LogP contribution in [-0.4, -0.2) is 43.4 Å². The molecule has 1 atom stereocenters. The van der Waals surface area contributed by atoms with Gasteiger partial charge in [0.05, 0.1) is 28.5 Å². The molecular formula is C27H17N7O2. The number of rotatable bonds is 2. The predicted octanol–water partition coefficient (Wildman–Crippen LogP) is 1.78. The Labute approximate surface area is 204 Å². The summed E-state index contributed by atoms with van der Waals surface area (Å²) in [6.45, 7) is 0. The molecule has 3 aromatic heterocycles. The van der Waals surface area contributed by atoms with E-state index < -0.39 is 6.04 Å². The molecule has 9 heteroatoms. The standard InChI is InChI=1S/C27H17N7O2/c35-25-23-14-21-6-4-19(31-21)12-17-2-1-16(29-17)11-18-3-5-20(30-18)13-22(32-23)24(25)27-34-33-26(36-27)15-7-9-28-10-8-15/h1-14,23,29,32H. The highest BCUT2D eigenvalue weighted by Gasteiger charge is 2.35. The summed E-state index contributed by atoms with van der Waals surface area (Å²) in [5.74, 6) is 0.265. The number of aromatic amines is 1. The van der Waals surface area contributed by atoms with Crippen molar-refractivity contribution in [2.24, 2.45) is 9.98 Å². The van der Waals surface area contributed by atoms with Gasteiger partial charge in [-0.1, -0.05) is 0 Å². The van der Waals surface area contributed by atoms with Gasteiger partial charge in [-0.3, -0.25) is 9.78 Å². The molecule has 3 aromatic rings. The van der Waals surface area contributed by atoms with Gasteiger partial charge in [-0.05, 0) is 72.9 Å². The fourth-order valence-electron chi connectivity index (χ4n) is 4.34. The predicted molar refractivity (Wildman–Crippen MR) is 135 cm³/mol. The Hall–Kier alpha value is -5.18. The van der Waals surface area contributed by atoms with Crippen LogP contribution in [0.15, 0.2) is 105 Å². The van der Waals surface area contributed by atoms with Crippen molar-refractivity contribution < 1.29 is 9.21 Å². The van der Waals surface area contributed by atoms with E-state index in [9.17, 15) is 4.79 Å². The van der Waals surface area contributed by atoms with Crippen LogP contribution < -0.4 is 16.0 Å². The first-order chi connectivity index (χ1) is 17.7. The van der Waals surface area contributed by atoms with E-state index in [4.69, 9.17) is 4.42 Å². The molecule has 0 radical (unpaired) electrons. The van der Waals surface area contributed by atoms with Gasteiger partial charge in [0.25, 0.3) is 5.89 Å². The number of ketones is 1. The lowest BCUT2D eigenvalue weighted by atomic mass is 10.1. The second-order valence-corrected chi connectivity index (χ2v) is 8.48. The number of carbonyl (C=O) groups is 1. The molecule has 7 heterocycles. The van der Waals surface area contributed by atoms with E-state index in [0.717, 1.165) is 27.7 Å². The first-order valence-corrected chi connectivity index (χ1v) is 11.3. The van der Waals surface area contributed by atoms with Crippen LogP contribution in [0.5, 0.6) is 0 Å². The molecule has 9 nitrogen and oxygen atoms in total. The number of Topliss-reactive ketones (excluding diaryl/α,β-unsaturated/α-hetero) is 1. The molecule has 172 valence electrons. The third-order valence-corrected chi connectivity index (χ3v) is 6.01. The van der Waals surface area contributed by atoms with Crippen LogP contribution in [0.3, 0.4) is 0 Å². The summed E-state index contributed by atoms with van der Waals surface area (Å²) in [4.78, 5) is 30.3. The summed E-state index contributed by atoms with van der Waals surface area (Å²) >= 11 is 0. The van der Waals surface area contributed by atoms with Crippen molar-refractivity contribution in [3.63, 3.8) is 0 Å². The van der Waals surface area contributed by atoms with E-state index in [2.05, 4.69) is 35.5 Å². The smallest absolute Gasteiger partial charge is 0.253 e. The molecule has 0 saturated carbocycles. The highest BCUT2D eigenvalue weighted by atomic mass is 16.4. The first kappa shape index (κ1) is 20.2. The maximum absolute atomic E-state index is 13.6. The molecule has 4 aliphatic heterocycles. The number of H-pyrrole nitrogens is 1. The second kappa shape index (κ2) is 7.95. The molecule has 0 saturated heterocycles. The molecule has 36 heavy (non-hydrogen) atoms. The Bertz CT molecular complexity index is 1780. The van der Waals surface area contributed by atoms with E-state index in [1.807, 2.05) is 54.7 Å². The molecule has 8 bridgehead atoms. The molecule has 2 N–H and O–H groups in total. The van der Waals surface area contributed by atoms with Crippen molar-refractivity contribution in [1.29, 1.82) is 0 Å². The molecule has 0 spiro atoms. The summed E-state index contributed by atoms with van der Waals surface area (Å²) in [5.41, 5.74) is 4.56. The Kier molecular flexibility index (Phi) is 4.46. The first-order valence-electron chi connectivity index (χ1n) is 11.3. The van der Waals surface area contributed by atoms with Crippen LogP contribution in [0, 0.1) is 0 Å². The minimum atomic E-state index is -0.642. The van der Waals surface area contributed by atoms with Gasteiger partial charge in [-0.2, -0.15) is 0 Å². The van der Waals surface area contributed by atoms with Gasteiger partial charge in [0.2, 0.25) is 5.89 Å². The lowest BCUT2D eigenvalue weighted by Gasteiger charge is -2.06. The highest BCUT2D eigenvalue weighted by Crippen LogP contribution is 2.30. The van der Waals surface area contributed by atoms with Gasteiger partial charge >= 0.3 is 0 Å². The maximum atomic E-state index is 13.6. The zero-order valence-electron chi connectivity index (χ0n) is 18.7. The summed E-state index contributed by atoms with van der Waals surface area (Å²) in [6, 6.07) is 6.89. The van der Waals surface area contributed by atoms with E-state index in [1.54, 1.807) is 30.6 Å². The zero-order valence-corrected chi connectivity index (χ0v) is 18.7. The Morgan fingerprint density at radius 2 is 1.47 bits per heavy atom. The maximum Gasteiger partial charge on any atom is 0.253 e. The average Bonchev–Trinajstić information content (AvgIpc) is 3.70. The number of pyridine rings is 1. The Morgan fingerprint density at radius 3 is 2.25 bits per heavy atom. The SMILES string of the molecule is O=C1C(c2nnc(-c3ccncc3)o2)=C2C=C3C=CC(=N3)C=c3ccc([nH]3)=CC3=NC(=CC1N2)C=C3. The Morgan fingerprint density at radius 1 is 0.778 bits per heavy atom. The van der Waals surface area contributed by atoms with E-state index in [1.165, 1.54) is 0 Å². The molecule has 0 aliphatic carbocycles. The van der Waals surface area contributed by atoms with Crippen LogP contribution in [0.4, 0.5) is 0 Å². The lowest BCUT2D eigenvalue weighted by molar-refractivity contribution is -0.113. The van der Waals surface area contributed by atoms with Crippen LogP contribution >= 0.6 is 0 Å². The number of carbonyl (C=O) groups excluding carboxylic acids is 1. The van der Waals surface area contributed by atoms with Crippen molar-refractivity contribution >= 4 is 34.9 Å². The fraction of sp³-hybridized carbons (Fsp3) is 0.0370. The monoisotopic (exact) mass is 471 g/mol. The Balaban J connectivity index is 1.37. The third kappa shape index (κ3) is 3.59. The molecular weight excluding hydrogens is 454 g/mol. The molecule has 1 unspecified atom stereocenters. The van der Waals surface area contributed by atoms with Gasteiger partial charge in [0.15, 0.2) is 5.78 Å². The number of nitrogens with zero attached hydrogens (tertiary/aromatic N) is 5. The number of hydrogen-bond donors (Lipinski definition) is 2. The van der Waals surface area contributed by atoms with E-state index >= 15 is 0 Å². The molecule has 7 rings (SSSR count). The molecule has 0 fully saturated rings. The van der Waals surface area contributed by atoms with Crippen molar-refractivity contribution in [2.45, 2.75) is 6.04 Å². The van der Waals surface area contributed by atoms with Crippen LogP contribution in [0.1, 0.15) is 5.89 Å². The summed E-state index contributed by atoms with van der Waals surface area (Å²) in [6.07, 6.45) is 18.4. The number of hydrogen-bond acceptors (Lipinski definition) is 8. The van der Waals surface area contributed by atoms with E-state index in [-0.39, 0.29) is 11.7 Å². The van der Waals surface area contributed by atoms with Gasteiger partial charge < -0.3 is 14.7 Å². The van der Waals surface area contributed by atoms with Gasteiger partial charge in [0, 0.05) is 28.7 Å². The van der Waals surface area contributed by atoms with Crippen LogP contribution in [0.2, 0.25) is 0 Å². The zero-order chi connectivity index (χ0) is 24.1. The topological polar surface area (TPSA) is 121 Å². The van der Waals surface area contributed by atoms with E-state index in [0.29, 0.717) is 28.6 Å². The number of aromatic nitrogens is 4. The minimum absolute atomic E-state index is 0.140. The highest BCUT2D eigenvalue weighted by molar-refractivity contribution is 6.26. The molecule has 4 aliphatic rings. The summed E-state index contributed by atoms with van der Waals surface area (Å²) in [5, 5.41) is 13.5. The normalized spacial score (nSPS) is 19.9. The summed E-state index contributed by atoms with van der Waals surface area (Å²) < 4.78 is 5.93. The number of nitrogens with one attached hydrogen (secondary N) is 2. The fourth-order valence-corrected chi connectivity index (χ4v) is 4.34. The number of fused-ring (bicyclic) bond motifs is 6. The molecule has 0 amide bonds. The number of aliphatic imine (C=N–C) groups is 2. The average molecular weight is 471 g/mol. The van der Waals surface area contributed by atoms with Crippen LogP contribution in [0.25, 0.3) is 29.2 Å². The van der Waals surface area contributed by atoms with Crippen molar-refractivity contribution in [2.75, 3.05) is 0 Å². The minimum Gasteiger partial charge on any atom is -0.416 e. The third-order valence-electron chi connectivity index (χ3n) is 6.01. The van der Waals surface area contributed by atoms with Crippen LogP contribution in [-0.2, 0) is 4.79 Å². The van der Waals surface area contributed by atoms with Crippen molar-refractivity contribution in [3.05, 3.63) is 107 Å². The van der Waals surface area contributed by atoms with Gasteiger partial charge in [-0.15, -0.1) is 10.2 Å². The second-order valence-electron chi connectivity index (χ2n) is 8.48. The number of allylic oxidation sites excluding steroid dienone is 5. The van der Waals surface area contributed by atoms with Crippen molar-refractivity contribution in [1.82, 2.24) is 25.5 Å². The molecule has 0 aromatic carbocycles. The largest absolute Gasteiger partial charge is 0.416 e. The van der Waals surface area contributed by atoms with Gasteiger partial charge in [0.1, 0.15) is 11.6 Å². The van der Waals surface area contributed by atoms with Crippen molar-refractivity contribution in [3.8, 4) is 11.5 Å². The quantitative estimate of drug-likeness (QED) is 0.588. The summed E-state index contributed by atoms with van der Waals surface area (Å²) in [7, 11) is 0. The lowest BCUT2D eigenvalue weighted by Crippen LogP contribution is -2.26. The van der Waals surface area contributed by atoms with Gasteiger partial charge in [-0.25, -0.2) is 9.98 Å².